The fraction of sp³-hybridized carbons (Fsp3) is 0.346. The van der Waals surface area contributed by atoms with Crippen LogP contribution in [0.15, 0.2) is 59.1 Å². The molecule has 0 unspecified atom stereocenters. The van der Waals surface area contributed by atoms with Gasteiger partial charge >= 0.3 is 11.9 Å². The zero-order valence-electron chi connectivity index (χ0n) is 18.4. The lowest BCUT2D eigenvalue weighted by Gasteiger charge is -2.32. The van der Waals surface area contributed by atoms with Gasteiger partial charge in [-0.05, 0) is 74.4 Å². The van der Waals surface area contributed by atoms with E-state index in [0.717, 1.165) is 66.7 Å². The summed E-state index contributed by atoms with van der Waals surface area (Å²) in [5.41, 5.74) is 3.18. The van der Waals surface area contributed by atoms with Crippen molar-refractivity contribution < 1.29 is 24.3 Å². The molecule has 0 aliphatic carbocycles. The average molecular weight is 449 g/mol. The Morgan fingerprint density at radius 3 is 2.48 bits per heavy atom. The smallest absolute Gasteiger partial charge is 0.336 e. The summed E-state index contributed by atoms with van der Waals surface area (Å²) in [6.07, 6.45) is 6.31. The van der Waals surface area contributed by atoms with Gasteiger partial charge in [-0.3, -0.25) is 4.90 Å². The maximum atomic E-state index is 11.3. The lowest BCUT2D eigenvalue weighted by molar-refractivity contribution is -0.133. The normalized spacial score (nSPS) is 15.7. The Morgan fingerprint density at radius 1 is 1.06 bits per heavy atom. The quantitative estimate of drug-likeness (QED) is 0.461. The highest BCUT2D eigenvalue weighted by Crippen LogP contribution is 2.26. The molecule has 0 atom stereocenters. The largest absolute Gasteiger partial charge is 0.478 e. The number of likely N-dealkylation sites (tertiary alicyclic amines) is 1. The topological polar surface area (TPSA) is 104 Å². The standard InChI is InChI=1S/C26H28N2O5/c29-25(30)16-22(26(31)32)20-10-8-19(9-11-20)17-28-14-12-18(13-15-28)4-3-6-23-21-5-1-2-7-24(21)33-27-23/h1-2,5,7-11,16,18H,3-4,6,12-15,17H2,(H,29,30)(H,31,32)/b22-16-. The second kappa shape index (κ2) is 10.4. The van der Waals surface area contributed by atoms with Crippen LogP contribution in [0.3, 0.4) is 0 Å². The summed E-state index contributed by atoms with van der Waals surface area (Å²) in [6, 6.07) is 15.1. The van der Waals surface area contributed by atoms with Crippen molar-refractivity contribution in [1.29, 1.82) is 0 Å². The highest BCUT2D eigenvalue weighted by Gasteiger charge is 2.20. The number of hydrogen-bond donors (Lipinski definition) is 2. The van der Waals surface area contributed by atoms with Crippen LogP contribution in [0.4, 0.5) is 0 Å². The van der Waals surface area contributed by atoms with Crippen LogP contribution in [0.25, 0.3) is 16.5 Å². The number of carboxylic acid groups (broad SMARTS) is 2. The van der Waals surface area contributed by atoms with Gasteiger partial charge in [0.15, 0.2) is 5.58 Å². The van der Waals surface area contributed by atoms with Crippen molar-refractivity contribution in [3.05, 3.63) is 71.4 Å². The molecule has 172 valence electrons. The molecule has 33 heavy (non-hydrogen) atoms. The van der Waals surface area contributed by atoms with Gasteiger partial charge in [-0.15, -0.1) is 0 Å². The van der Waals surface area contributed by atoms with Crippen molar-refractivity contribution >= 4 is 28.5 Å². The van der Waals surface area contributed by atoms with Gasteiger partial charge in [-0.1, -0.05) is 41.6 Å². The number of fused-ring (bicyclic) bond motifs is 1. The zero-order valence-corrected chi connectivity index (χ0v) is 18.4. The number of aromatic nitrogens is 1. The molecule has 2 N–H and O–H groups in total. The number of aryl methyl sites for hydroxylation is 1. The molecule has 2 heterocycles. The Labute approximate surface area is 192 Å². The molecule has 0 bridgehead atoms. The molecule has 0 radical (unpaired) electrons. The lowest BCUT2D eigenvalue weighted by Crippen LogP contribution is -2.33. The Morgan fingerprint density at radius 2 is 1.79 bits per heavy atom. The van der Waals surface area contributed by atoms with E-state index in [0.29, 0.717) is 5.56 Å². The summed E-state index contributed by atoms with van der Waals surface area (Å²) in [5, 5.41) is 23.5. The number of nitrogens with zero attached hydrogens (tertiary/aromatic N) is 2. The molecule has 2 aromatic carbocycles. The van der Waals surface area contributed by atoms with Crippen molar-refractivity contribution in [2.45, 2.75) is 38.6 Å². The molecule has 0 saturated carbocycles. The average Bonchev–Trinajstić information content (AvgIpc) is 3.22. The van der Waals surface area contributed by atoms with Gasteiger partial charge in [-0.2, -0.15) is 0 Å². The molecule has 7 nitrogen and oxygen atoms in total. The van der Waals surface area contributed by atoms with E-state index < -0.39 is 11.9 Å². The van der Waals surface area contributed by atoms with Crippen molar-refractivity contribution in [1.82, 2.24) is 10.1 Å². The number of aliphatic carboxylic acids is 2. The van der Waals surface area contributed by atoms with Crippen LogP contribution in [0, 0.1) is 5.92 Å². The number of piperidine rings is 1. The molecule has 1 saturated heterocycles. The summed E-state index contributed by atoms with van der Waals surface area (Å²) in [7, 11) is 0. The monoisotopic (exact) mass is 448 g/mol. The van der Waals surface area contributed by atoms with Crippen LogP contribution in [-0.2, 0) is 22.6 Å². The SMILES string of the molecule is O=C(O)/C=C(\C(=O)O)c1ccc(CN2CCC(CCCc3noc4ccccc34)CC2)cc1. The maximum Gasteiger partial charge on any atom is 0.336 e. The van der Waals surface area contributed by atoms with Gasteiger partial charge in [0.1, 0.15) is 0 Å². The molecular weight excluding hydrogens is 420 g/mol. The minimum absolute atomic E-state index is 0.214. The summed E-state index contributed by atoms with van der Waals surface area (Å²) in [6.45, 7) is 2.89. The molecule has 3 aromatic rings. The highest BCUT2D eigenvalue weighted by atomic mass is 16.5. The second-order valence-corrected chi connectivity index (χ2v) is 8.64. The first-order valence-corrected chi connectivity index (χ1v) is 11.3. The van der Waals surface area contributed by atoms with Crippen LogP contribution >= 0.6 is 0 Å². The first-order valence-electron chi connectivity index (χ1n) is 11.3. The predicted molar refractivity (Wildman–Crippen MR) is 125 cm³/mol. The number of para-hydroxylation sites is 1. The Balaban J connectivity index is 1.23. The Bertz CT molecular complexity index is 1140. The van der Waals surface area contributed by atoms with Crippen molar-refractivity contribution in [2.75, 3.05) is 13.1 Å². The third-order valence-electron chi connectivity index (χ3n) is 6.35. The molecule has 7 heteroatoms. The van der Waals surface area contributed by atoms with E-state index in [1.165, 1.54) is 19.3 Å². The summed E-state index contributed by atoms with van der Waals surface area (Å²) < 4.78 is 5.40. The molecule has 1 aliphatic rings. The van der Waals surface area contributed by atoms with Crippen molar-refractivity contribution in [3.8, 4) is 0 Å². The summed E-state index contributed by atoms with van der Waals surface area (Å²) in [4.78, 5) is 24.6. The van der Waals surface area contributed by atoms with Crippen LogP contribution in [0.2, 0.25) is 0 Å². The third-order valence-corrected chi connectivity index (χ3v) is 6.35. The Kier molecular flexibility index (Phi) is 7.19. The number of rotatable bonds is 9. The second-order valence-electron chi connectivity index (χ2n) is 8.64. The van der Waals surface area contributed by atoms with E-state index in [4.69, 9.17) is 9.63 Å². The first-order chi connectivity index (χ1) is 16.0. The minimum Gasteiger partial charge on any atom is -0.478 e. The number of carboxylic acids is 2. The fourth-order valence-corrected chi connectivity index (χ4v) is 4.55. The van der Waals surface area contributed by atoms with Gasteiger partial charge in [0, 0.05) is 18.0 Å². The molecule has 1 fully saturated rings. The van der Waals surface area contributed by atoms with Gasteiger partial charge in [0.2, 0.25) is 0 Å². The molecular formula is C26H28N2O5. The van der Waals surface area contributed by atoms with E-state index in [9.17, 15) is 14.7 Å². The number of carbonyl (C=O) groups is 2. The van der Waals surface area contributed by atoms with Crippen molar-refractivity contribution in [3.63, 3.8) is 0 Å². The van der Waals surface area contributed by atoms with Crippen molar-refractivity contribution in [2.24, 2.45) is 5.92 Å². The highest BCUT2D eigenvalue weighted by molar-refractivity contribution is 6.19. The van der Waals surface area contributed by atoms with E-state index >= 15 is 0 Å². The Hall–Kier alpha value is -3.45. The van der Waals surface area contributed by atoms with Gasteiger partial charge in [-0.25, -0.2) is 9.59 Å². The van der Waals surface area contributed by atoms with Crippen LogP contribution in [0.1, 0.15) is 42.5 Å². The number of benzene rings is 2. The van der Waals surface area contributed by atoms with E-state index in [-0.39, 0.29) is 5.57 Å². The zero-order chi connectivity index (χ0) is 23.2. The minimum atomic E-state index is -1.27. The first kappa shape index (κ1) is 22.7. The van der Waals surface area contributed by atoms with Gasteiger partial charge in [0.25, 0.3) is 0 Å². The lowest BCUT2D eigenvalue weighted by atomic mass is 9.91. The number of hydrogen-bond acceptors (Lipinski definition) is 5. The van der Waals surface area contributed by atoms with E-state index in [1.54, 1.807) is 12.1 Å². The predicted octanol–water partition coefficient (Wildman–Crippen LogP) is 4.62. The maximum absolute atomic E-state index is 11.3. The molecule has 4 rings (SSSR count). The van der Waals surface area contributed by atoms with Crippen LogP contribution < -0.4 is 0 Å². The van der Waals surface area contributed by atoms with E-state index in [2.05, 4.69) is 16.1 Å². The molecule has 1 aromatic heterocycles. The molecule has 0 amide bonds. The molecule has 1 aliphatic heterocycles. The van der Waals surface area contributed by atoms with Crippen LogP contribution in [0.5, 0.6) is 0 Å². The third kappa shape index (κ3) is 5.87. The fourth-order valence-electron chi connectivity index (χ4n) is 4.55. The molecule has 0 spiro atoms. The van der Waals surface area contributed by atoms with Crippen LogP contribution in [-0.4, -0.2) is 45.3 Å². The van der Waals surface area contributed by atoms with Gasteiger partial charge < -0.3 is 14.7 Å². The summed E-state index contributed by atoms with van der Waals surface area (Å²) in [5.74, 6) is -1.79. The van der Waals surface area contributed by atoms with Gasteiger partial charge in [0.05, 0.1) is 11.3 Å². The summed E-state index contributed by atoms with van der Waals surface area (Å²) >= 11 is 0. The van der Waals surface area contributed by atoms with E-state index in [1.807, 2.05) is 30.3 Å².